The molecule has 13 heavy (non-hydrogen) atoms. The number of amides is 1. The van der Waals surface area contributed by atoms with Crippen molar-refractivity contribution in [3.8, 4) is 0 Å². The van der Waals surface area contributed by atoms with E-state index in [0.717, 1.165) is 0 Å². The molecule has 0 bridgehead atoms. The quantitative estimate of drug-likeness (QED) is 0.686. The summed E-state index contributed by atoms with van der Waals surface area (Å²) < 4.78 is 0. The van der Waals surface area contributed by atoms with Gasteiger partial charge in [-0.3, -0.25) is 4.79 Å². The van der Waals surface area contributed by atoms with E-state index in [1.54, 1.807) is 0 Å². The summed E-state index contributed by atoms with van der Waals surface area (Å²) in [6, 6.07) is 0. The Morgan fingerprint density at radius 3 is 2.23 bits per heavy atom. The van der Waals surface area contributed by atoms with E-state index in [1.165, 1.54) is 0 Å². The van der Waals surface area contributed by atoms with Crippen LogP contribution in [-0.2, 0) is 4.79 Å². The van der Waals surface area contributed by atoms with Gasteiger partial charge in [-0.1, -0.05) is 27.7 Å². The second kappa shape index (κ2) is 6.25. The van der Waals surface area contributed by atoms with Crippen LogP contribution in [0.2, 0.25) is 0 Å². The number of halogens is 1. The number of alkyl halides is 1. The Morgan fingerprint density at radius 1 is 1.31 bits per heavy atom. The summed E-state index contributed by atoms with van der Waals surface area (Å²) in [7, 11) is 0. The van der Waals surface area contributed by atoms with Gasteiger partial charge in [0, 0.05) is 18.3 Å². The second-order valence-electron chi connectivity index (χ2n) is 4.04. The van der Waals surface area contributed by atoms with Crippen LogP contribution in [-0.4, -0.2) is 18.3 Å². The third kappa shape index (κ3) is 5.14. The lowest BCUT2D eigenvalue weighted by Crippen LogP contribution is -2.35. The minimum absolute atomic E-state index is 0.0857. The van der Waals surface area contributed by atoms with Crippen LogP contribution in [0.4, 0.5) is 0 Å². The third-order valence-corrected chi connectivity index (χ3v) is 2.83. The Bertz CT molecular complexity index is 159. The van der Waals surface area contributed by atoms with Crippen LogP contribution in [0.1, 0.15) is 27.7 Å². The fourth-order valence-corrected chi connectivity index (χ4v) is 0.902. The van der Waals surface area contributed by atoms with Crippen LogP contribution in [0.3, 0.4) is 0 Å². The molecule has 3 heteroatoms. The van der Waals surface area contributed by atoms with Gasteiger partial charge in [-0.2, -0.15) is 0 Å². The van der Waals surface area contributed by atoms with Crippen molar-refractivity contribution in [2.45, 2.75) is 27.7 Å². The molecule has 2 atom stereocenters. The summed E-state index contributed by atoms with van der Waals surface area (Å²) in [5, 5.41) is 2.89. The molecule has 0 spiro atoms. The molecular weight excluding hydrogens is 186 g/mol. The topological polar surface area (TPSA) is 29.1 Å². The molecule has 1 N–H and O–H groups in total. The van der Waals surface area contributed by atoms with Crippen molar-refractivity contribution in [2.24, 2.45) is 17.8 Å². The number of carbonyl (C=O) groups is 1. The normalized spacial score (nSPS) is 15.5. The molecule has 0 aromatic heterocycles. The monoisotopic (exact) mass is 205 g/mol. The van der Waals surface area contributed by atoms with Crippen molar-refractivity contribution in [3.05, 3.63) is 0 Å². The predicted octanol–water partition coefficient (Wildman–Crippen LogP) is 2.27. The molecule has 0 saturated carbocycles. The van der Waals surface area contributed by atoms with Gasteiger partial charge in [-0.05, 0) is 11.8 Å². The second-order valence-corrected chi connectivity index (χ2v) is 4.35. The standard InChI is InChI=1S/C10H20ClNO/c1-7(2)9(4)10(13)12-6-8(3)5-11/h7-9H,5-6H2,1-4H3,(H,12,13). The molecule has 0 aliphatic carbocycles. The summed E-state index contributed by atoms with van der Waals surface area (Å²) >= 11 is 5.63. The summed E-state index contributed by atoms with van der Waals surface area (Å²) in [5.74, 6) is 1.56. The summed E-state index contributed by atoms with van der Waals surface area (Å²) in [6.45, 7) is 8.75. The predicted molar refractivity (Wildman–Crippen MR) is 56.9 cm³/mol. The largest absolute Gasteiger partial charge is 0.356 e. The van der Waals surface area contributed by atoms with Crippen molar-refractivity contribution >= 4 is 17.5 Å². The van der Waals surface area contributed by atoms with Crippen molar-refractivity contribution in [2.75, 3.05) is 12.4 Å². The van der Waals surface area contributed by atoms with E-state index in [4.69, 9.17) is 11.6 Å². The molecule has 0 rings (SSSR count). The highest BCUT2D eigenvalue weighted by atomic mass is 35.5. The molecule has 78 valence electrons. The molecular formula is C10H20ClNO. The van der Waals surface area contributed by atoms with Gasteiger partial charge in [-0.15, -0.1) is 11.6 Å². The zero-order chi connectivity index (χ0) is 10.4. The van der Waals surface area contributed by atoms with Crippen LogP contribution in [0, 0.1) is 17.8 Å². The number of hydrogen-bond acceptors (Lipinski definition) is 1. The first-order chi connectivity index (χ1) is 5.99. The zero-order valence-electron chi connectivity index (χ0n) is 8.93. The molecule has 0 fully saturated rings. The van der Waals surface area contributed by atoms with E-state index in [-0.39, 0.29) is 11.8 Å². The smallest absolute Gasteiger partial charge is 0.223 e. The lowest BCUT2D eigenvalue weighted by Gasteiger charge is -2.16. The SMILES string of the molecule is CC(CCl)CNC(=O)C(C)C(C)C. The summed E-state index contributed by atoms with van der Waals surface area (Å²) in [4.78, 5) is 11.5. The van der Waals surface area contributed by atoms with Gasteiger partial charge in [0.15, 0.2) is 0 Å². The average molecular weight is 206 g/mol. The Hall–Kier alpha value is -0.240. The van der Waals surface area contributed by atoms with Gasteiger partial charge >= 0.3 is 0 Å². The molecule has 0 aromatic carbocycles. The van der Waals surface area contributed by atoms with Gasteiger partial charge < -0.3 is 5.32 Å². The van der Waals surface area contributed by atoms with Gasteiger partial charge in [0.25, 0.3) is 0 Å². The summed E-state index contributed by atoms with van der Waals surface area (Å²) in [6.07, 6.45) is 0. The number of carbonyl (C=O) groups excluding carboxylic acids is 1. The maximum atomic E-state index is 11.5. The number of hydrogen-bond donors (Lipinski definition) is 1. The van der Waals surface area contributed by atoms with Crippen LogP contribution < -0.4 is 5.32 Å². The van der Waals surface area contributed by atoms with Gasteiger partial charge in [0.2, 0.25) is 5.91 Å². The van der Waals surface area contributed by atoms with Crippen molar-refractivity contribution in [1.82, 2.24) is 5.32 Å². The molecule has 0 aromatic rings. The third-order valence-electron chi connectivity index (χ3n) is 2.30. The molecule has 0 radical (unpaired) electrons. The maximum absolute atomic E-state index is 11.5. The molecule has 0 saturated heterocycles. The molecule has 1 amide bonds. The van der Waals surface area contributed by atoms with Crippen LogP contribution in [0.25, 0.3) is 0 Å². The van der Waals surface area contributed by atoms with Crippen LogP contribution in [0.15, 0.2) is 0 Å². The Labute approximate surface area is 86.0 Å². The highest BCUT2D eigenvalue weighted by Gasteiger charge is 2.16. The highest BCUT2D eigenvalue weighted by molar-refractivity contribution is 6.18. The van der Waals surface area contributed by atoms with E-state index in [1.807, 2.05) is 13.8 Å². The maximum Gasteiger partial charge on any atom is 0.223 e. The van der Waals surface area contributed by atoms with E-state index in [2.05, 4.69) is 19.2 Å². The fourth-order valence-electron chi connectivity index (χ4n) is 0.793. The van der Waals surface area contributed by atoms with Gasteiger partial charge in [0.05, 0.1) is 0 Å². The first kappa shape index (κ1) is 12.8. The molecule has 0 aliphatic rings. The number of nitrogens with one attached hydrogen (secondary N) is 1. The minimum atomic E-state index is 0.0857. The first-order valence-corrected chi connectivity index (χ1v) is 5.36. The Kier molecular flexibility index (Phi) is 6.13. The first-order valence-electron chi connectivity index (χ1n) is 4.82. The Balaban J connectivity index is 3.74. The molecule has 2 unspecified atom stereocenters. The molecule has 0 aliphatic heterocycles. The lowest BCUT2D eigenvalue weighted by atomic mass is 9.97. The van der Waals surface area contributed by atoms with Crippen molar-refractivity contribution in [3.63, 3.8) is 0 Å². The van der Waals surface area contributed by atoms with Crippen LogP contribution in [0.5, 0.6) is 0 Å². The van der Waals surface area contributed by atoms with Gasteiger partial charge in [-0.25, -0.2) is 0 Å². The highest BCUT2D eigenvalue weighted by Crippen LogP contribution is 2.09. The van der Waals surface area contributed by atoms with Crippen molar-refractivity contribution in [1.29, 1.82) is 0 Å². The minimum Gasteiger partial charge on any atom is -0.356 e. The lowest BCUT2D eigenvalue weighted by molar-refractivity contribution is -0.125. The fraction of sp³-hybridized carbons (Fsp3) is 0.900. The van der Waals surface area contributed by atoms with Crippen molar-refractivity contribution < 1.29 is 4.79 Å². The van der Waals surface area contributed by atoms with Gasteiger partial charge in [0.1, 0.15) is 0 Å². The molecule has 0 heterocycles. The van der Waals surface area contributed by atoms with E-state index < -0.39 is 0 Å². The zero-order valence-corrected chi connectivity index (χ0v) is 9.69. The molecule has 2 nitrogen and oxygen atoms in total. The Morgan fingerprint density at radius 2 is 1.85 bits per heavy atom. The number of rotatable bonds is 5. The van der Waals surface area contributed by atoms with Crippen LogP contribution >= 0.6 is 11.6 Å². The van der Waals surface area contributed by atoms with E-state index >= 15 is 0 Å². The summed E-state index contributed by atoms with van der Waals surface area (Å²) in [5.41, 5.74) is 0. The van der Waals surface area contributed by atoms with E-state index in [0.29, 0.717) is 24.3 Å². The van der Waals surface area contributed by atoms with E-state index in [9.17, 15) is 4.79 Å². The average Bonchev–Trinajstić information content (AvgIpc) is 2.11.